The van der Waals surface area contributed by atoms with Crippen molar-refractivity contribution >= 4 is 23.4 Å². The molecule has 2 heterocycles. The Bertz CT molecular complexity index is 547. The molecule has 1 aromatic rings. The van der Waals surface area contributed by atoms with Gasteiger partial charge in [-0.15, -0.1) is 11.3 Å². The van der Waals surface area contributed by atoms with Crippen molar-refractivity contribution < 1.29 is 19.1 Å². The molecule has 0 spiro atoms. The highest BCUT2D eigenvalue weighted by Gasteiger charge is 2.33. The highest BCUT2D eigenvalue weighted by molar-refractivity contribution is 7.09. The molecule has 1 amide bonds. The van der Waals surface area contributed by atoms with E-state index in [9.17, 15) is 9.59 Å². The molecule has 8 heteroatoms. The van der Waals surface area contributed by atoms with Crippen molar-refractivity contribution in [3.05, 3.63) is 16.1 Å². The lowest BCUT2D eigenvalue weighted by Gasteiger charge is -2.40. The summed E-state index contributed by atoms with van der Waals surface area (Å²) in [6.45, 7) is 7.26. The Morgan fingerprint density at radius 2 is 2.14 bits per heavy atom. The number of amides is 1. The first-order valence-corrected chi connectivity index (χ1v) is 7.90. The number of carbonyl (C=O) groups is 2. The standard InChI is InChI=1S/C14H21N3O4S/c1-14(2,3)21-13(19)17-6-9(7-17)15-5-10-11(12(18)20-4)16-8-22-10/h8-9,15H,5-7H2,1-4H3. The molecule has 1 N–H and O–H groups in total. The van der Waals surface area contributed by atoms with Crippen LogP contribution in [0, 0.1) is 0 Å². The third-order valence-electron chi connectivity index (χ3n) is 3.10. The number of likely N-dealkylation sites (tertiary alicyclic amines) is 1. The van der Waals surface area contributed by atoms with E-state index in [2.05, 4.69) is 15.0 Å². The SMILES string of the molecule is COC(=O)c1ncsc1CNC1CN(C(=O)OC(C)(C)C)C1. The number of carbonyl (C=O) groups excluding carboxylic acids is 2. The summed E-state index contributed by atoms with van der Waals surface area (Å²) >= 11 is 1.41. The van der Waals surface area contributed by atoms with Gasteiger partial charge in [0.05, 0.1) is 17.5 Å². The number of aromatic nitrogens is 1. The summed E-state index contributed by atoms with van der Waals surface area (Å²) in [5.74, 6) is -0.429. The maximum atomic E-state index is 11.8. The number of ether oxygens (including phenoxy) is 2. The lowest BCUT2D eigenvalue weighted by Crippen LogP contribution is -2.60. The molecule has 0 radical (unpaired) electrons. The van der Waals surface area contributed by atoms with Crippen LogP contribution in [-0.4, -0.2) is 53.8 Å². The molecule has 0 aliphatic carbocycles. The van der Waals surface area contributed by atoms with Crippen LogP contribution in [0.2, 0.25) is 0 Å². The second kappa shape index (κ2) is 6.62. The molecule has 1 aromatic heterocycles. The third kappa shape index (κ3) is 4.17. The van der Waals surface area contributed by atoms with Gasteiger partial charge in [0.2, 0.25) is 0 Å². The summed E-state index contributed by atoms with van der Waals surface area (Å²) in [5.41, 5.74) is 1.49. The summed E-state index contributed by atoms with van der Waals surface area (Å²) in [6.07, 6.45) is -0.293. The number of methoxy groups -OCH3 is 1. The number of rotatable bonds is 4. The molecule has 1 saturated heterocycles. The van der Waals surface area contributed by atoms with Gasteiger partial charge in [-0.2, -0.15) is 0 Å². The molecule has 0 atom stereocenters. The first-order chi connectivity index (χ1) is 10.3. The lowest BCUT2D eigenvalue weighted by atomic mass is 10.1. The Hall–Kier alpha value is -1.67. The molecule has 2 rings (SSSR count). The minimum atomic E-state index is -0.479. The summed E-state index contributed by atoms with van der Waals surface area (Å²) < 4.78 is 9.98. The van der Waals surface area contributed by atoms with Crippen molar-refractivity contribution in [2.45, 2.75) is 39.0 Å². The average molecular weight is 327 g/mol. The second-order valence-corrected chi connectivity index (χ2v) is 7.02. The summed E-state index contributed by atoms with van der Waals surface area (Å²) in [7, 11) is 1.34. The molecular formula is C14H21N3O4S. The van der Waals surface area contributed by atoms with Gasteiger partial charge < -0.3 is 19.7 Å². The van der Waals surface area contributed by atoms with Crippen molar-refractivity contribution in [2.24, 2.45) is 0 Å². The zero-order valence-electron chi connectivity index (χ0n) is 13.2. The number of hydrogen-bond acceptors (Lipinski definition) is 7. The van der Waals surface area contributed by atoms with Crippen LogP contribution < -0.4 is 5.32 Å². The molecule has 0 unspecified atom stereocenters. The van der Waals surface area contributed by atoms with E-state index in [1.807, 2.05) is 20.8 Å². The zero-order chi connectivity index (χ0) is 16.3. The van der Waals surface area contributed by atoms with Gasteiger partial charge in [0, 0.05) is 25.7 Å². The van der Waals surface area contributed by atoms with Gasteiger partial charge >= 0.3 is 12.1 Å². The van der Waals surface area contributed by atoms with Gasteiger partial charge in [-0.05, 0) is 20.8 Å². The number of nitrogens with one attached hydrogen (secondary N) is 1. The molecule has 1 aliphatic heterocycles. The Morgan fingerprint density at radius 1 is 1.45 bits per heavy atom. The Labute approximate surface area is 133 Å². The fourth-order valence-corrected chi connectivity index (χ4v) is 2.68. The maximum absolute atomic E-state index is 11.8. The normalized spacial score (nSPS) is 15.4. The quantitative estimate of drug-likeness (QED) is 0.847. The minimum absolute atomic E-state index is 0.195. The van der Waals surface area contributed by atoms with Crippen LogP contribution in [0.5, 0.6) is 0 Å². The van der Waals surface area contributed by atoms with Gasteiger partial charge in [-0.3, -0.25) is 0 Å². The smallest absolute Gasteiger partial charge is 0.410 e. The molecule has 1 aliphatic rings. The van der Waals surface area contributed by atoms with Gasteiger partial charge in [0.1, 0.15) is 5.60 Å². The van der Waals surface area contributed by atoms with Crippen molar-refractivity contribution in [1.29, 1.82) is 0 Å². The molecule has 0 bridgehead atoms. The van der Waals surface area contributed by atoms with Crippen LogP contribution in [0.3, 0.4) is 0 Å². The van der Waals surface area contributed by atoms with Crippen molar-refractivity contribution in [3.63, 3.8) is 0 Å². The minimum Gasteiger partial charge on any atom is -0.464 e. The fraction of sp³-hybridized carbons (Fsp3) is 0.643. The van der Waals surface area contributed by atoms with E-state index >= 15 is 0 Å². The number of esters is 1. The fourth-order valence-electron chi connectivity index (χ4n) is 1.98. The van der Waals surface area contributed by atoms with E-state index in [1.54, 1.807) is 10.4 Å². The second-order valence-electron chi connectivity index (χ2n) is 6.08. The molecule has 0 saturated carbocycles. The van der Waals surface area contributed by atoms with Gasteiger partial charge in [-0.25, -0.2) is 14.6 Å². The van der Waals surface area contributed by atoms with Crippen LogP contribution in [0.4, 0.5) is 4.79 Å². The van der Waals surface area contributed by atoms with Crippen LogP contribution in [0.1, 0.15) is 36.1 Å². The predicted molar refractivity (Wildman–Crippen MR) is 81.9 cm³/mol. The van der Waals surface area contributed by atoms with E-state index < -0.39 is 11.6 Å². The topological polar surface area (TPSA) is 80.8 Å². The first kappa shape index (κ1) is 16.7. The molecule has 0 aromatic carbocycles. The van der Waals surface area contributed by atoms with Crippen LogP contribution in [0.25, 0.3) is 0 Å². The monoisotopic (exact) mass is 327 g/mol. The maximum Gasteiger partial charge on any atom is 0.410 e. The average Bonchev–Trinajstić information content (AvgIpc) is 2.82. The third-order valence-corrected chi connectivity index (χ3v) is 3.94. The Morgan fingerprint density at radius 3 is 2.73 bits per heavy atom. The van der Waals surface area contributed by atoms with E-state index in [4.69, 9.17) is 4.74 Å². The van der Waals surface area contributed by atoms with Gasteiger partial charge in [-0.1, -0.05) is 0 Å². The molecule has 22 heavy (non-hydrogen) atoms. The molecule has 7 nitrogen and oxygen atoms in total. The molecule has 122 valence electrons. The molecule has 1 fully saturated rings. The summed E-state index contributed by atoms with van der Waals surface area (Å²) in [5, 5.41) is 3.30. The number of thiazole rings is 1. The van der Waals surface area contributed by atoms with Crippen molar-refractivity contribution in [2.75, 3.05) is 20.2 Å². The zero-order valence-corrected chi connectivity index (χ0v) is 14.0. The van der Waals surface area contributed by atoms with E-state index in [0.29, 0.717) is 25.3 Å². The highest BCUT2D eigenvalue weighted by Crippen LogP contribution is 2.18. The predicted octanol–water partition coefficient (Wildman–Crippen LogP) is 1.64. The lowest BCUT2D eigenvalue weighted by molar-refractivity contribution is 0.00520. The van der Waals surface area contributed by atoms with E-state index in [-0.39, 0.29) is 12.1 Å². The van der Waals surface area contributed by atoms with Crippen LogP contribution in [0.15, 0.2) is 5.51 Å². The van der Waals surface area contributed by atoms with E-state index in [0.717, 1.165) is 4.88 Å². The Kier molecular flexibility index (Phi) is 5.02. The van der Waals surface area contributed by atoms with Crippen LogP contribution in [-0.2, 0) is 16.0 Å². The molecular weight excluding hydrogens is 306 g/mol. The van der Waals surface area contributed by atoms with Gasteiger partial charge in [0.15, 0.2) is 5.69 Å². The first-order valence-electron chi connectivity index (χ1n) is 7.02. The summed E-state index contributed by atoms with van der Waals surface area (Å²) in [6, 6.07) is 0.195. The van der Waals surface area contributed by atoms with Gasteiger partial charge in [0.25, 0.3) is 0 Å². The van der Waals surface area contributed by atoms with Crippen LogP contribution >= 0.6 is 11.3 Å². The van der Waals surface area contributed by atoms with Crippen molar-refractivity contribution in [3.8, 4) is 0 Å². The van der Waals surface area contributed by atoms with Crippen molar-refractivity contribution in [1.82, 2.24) is 15.2 Å². The summed E-state index contributed by atoms with van der Waals surface area (Å²) in [4.78, 5) is 29.8. The highest BCUT2D eigenvalue weighted by atomic mass is 32.1. The van der Waals surface area contributed by atoms with E-state index in [1.165, 1.54) is 18.4 Å². The number of nitrogens with zero attached hydrogens (tertiary/aromatic N) is 2. The number of hydrogen-bond donors (Lipinski definition) is 1. The Balaban J connectivity index is 1.76. The largest absolute Gasteiger partial charge is 0.464 e.